The zero-order chi connectivity index (χ0) is 14.9. The number of aliphatic hydroxyl groups excluding tert-OH is 1. The molecule has 1 aromatic rings. The second-order valence-electron chi connectivity index (χ2n) is 5.34. The number of morpholine rings is 1. The van der Waals surface area contributed by atoms with Crippen molar-refractivity contribution in [2.24, 2.45) is 0 Å². The predicted octanol–water partition coefficient (Wildman–Crippen LogP) is 1.07. The normalized spacial score (nSPS) is 24.8. The molecule has 2 atom stereocenters. The van der Waals surface area contributed by atoms with E-state index in [1.807, 2.05) is 26.0 Å². The van der Waals surface area contributed by atoms with E-state index >= 15 is 0 Å². The van der Waals surface area contributed by atoms with Gasteiger partial charge in [-0.15, -0.1) is 0 Å². The quantitative estimate of drug-likeness (QED) is 0.907. The Morgan fingerprint density at radius 2 is 2.05 bits per heavy atom. The van der Waals surface area contributed by atoms with E-state index in [1.54, 1.807) is 13.0 Å². The summed E-state index contributed by atoms with van der Waals surface area (Å²) in [6.07, 6.45) is -0.681. The molecule has 1 heterocycles. The number of aliphatic hydroxyl groups is 1. The van der Waals surface area contributed by atoms with Crippen LogP contribution in [0.15, 0.2) is 23.1 Å². The summed E-state index contributed by atoms with van der Waals surface area (Å²) in [5, 5.41) is 9.22. The highest BCUT2D eigenvalue weighted by molar-refractivity contribution is 7.89. The van der Waals surface area contributed by atoms with Crippen LogP contribution in [0.5, 0.6) is 0 Å². The summed E-state index contributed by atoms with van der Waals surface area (Å²) in [7, 11) is -3.55. The molecule has 1 saturated heterocycles. The Morgan fingerprint density at radius 3 is 2.70 bits per heavy atom. The van der Waals surface area contributed by atoms with E-state index in [0.717, 1.165) is 11.1 Å². The Bertz CT molecular complexity index is 585. The van der Waals surface area contributed by atoms with Crippen molar-refractivity contribution in [2.75, 3.05) is 19.7 Å². The molecule has 0 saturated carbocycles. The highest BCUT2D eigenvalue weighted by atomic mass is 32.2. The average Bonchev–Trinajstić information content (AvgIpc) is 2.40. The van der Waals surface area contributed by atoms with E-state index in [-0.39, 0.29) is 19.3 Å². The van der Waals surface area contributed by atoms with Gasteiger partial charge in [-0.05, 0) is 38.0 Å². The van der Waals surface area contributed by atoms with Gasteiger partial charge in [0.25, 0.3) is 0 Å². The molecular weight excluding hydrogens is 278 g/mol. The molecule has 1 aliphatic rings. The number of hydrogen-bond donors (Lipinski definition) is 1. The Balaban J connectivity index is 2.36. The molecule has 20 heavy (non-hydrogen) atoms. The van der Waals surface area contributed by atoms with Gasteiger partial charge in [0.05, 0.1) is 23.7 Å². The van der Waals surface area contributed by atoms with Crippen LogP contribution in [0, 0.1) is 13.8 Å². The second-order valence-corrected chi connectivity index (χ2v) is 7.25. The lowest BCUT2D eigenvalue weighted by molar-refractivity contribution is -0.0750. The van der Waals surface area contributed by atoms with Crippen molar-refractivity contribution in [3.63, 3.8) is 0 Å². The smallest absolute Gasteiger partial charge is 0.243 e. The number of rotatable bonds is 3. The lowest BCUT2D eigenvalue weighted by Crippen LogP contribution is -2.50. The van der Waals surface area contributed by atoms with Crippen LogP contribution >= 0.6 is 0 Å². The van der Waals surface area contributed by atoms with Crippen molar-refractivity contribution in [3.05, 3.63) is 29.3 Å². The van der Waals surface area contributed by atoms with E-state index in [0.29, 0.717) is 11.4 Å². The molecular formula is C14H21NO4S. The Labute approximate surface area is 120 Å². The summed E-state index contributed by atoms with van der Waals surface area (Å²) >= 11 is 0. The first kappa shape index (κ1) is 15.4. The predicted molar refractivity (Wildman–Crippen MR) is 76.1 cm³/mol. The Hall–Kier alpha value is -0.950. The summed E-state index contributed by atoms with van der Waals surface area (Å²) in [4.78, 5) is 0.336. The van der Waals surface area contributed by atoms with Crippen molar-refractivity contribution in [3.8, 4) is 0 Å². The molecule has 2 unspecified atom stereocenters. The van der Waals surface area contributed by atoms with E-state index in [2.05, 4.69) is 0 Å². The van der Waals surface area contributed by atoms with Gasteiger partial charge in [0.1, 0.15) is 0 Å². The minimum atomic E-state index is -3.55. The molecule has 112 valence electrons. The Morgan fingerprint density at radius 1 is 1.35 bits per heavy atom. The van der Waals surface area contributed by atoms with Crippen molar-refractivity contribution in [1.29, 1.82) is 0 Å². The Kier molecular flexibility index (Phi) is 4.49. The van der Waals surface area contributed by atoms with Gasteiger partial charge in [-0.2, -0.15) is 4.31 Å². The van der Waals surface area contributed by atoms with Gasteiger partial charge in [0, 0.05) is 13.1 Å². The van der Waals surface area contributed by atoms with Gasteiger partial charge in [0.2, 0.25) is 10.0 Å². The largest absolute Gasteiger partial charge is 0.394 e. The first-order valence-corrected chi connectivity index (χ1v) is 8.12. The highest BCUT2D eigenvalue weighted by Crippen LogP contribution is 2.24. The van der Waals surface area contributed by atoms with Crippen LogP contribution < -0.4 is 0 Å². The fraction of sp³-hybridized carbons (Fsp3) is 0.571. The monoisotopic (exact) mass is 299 g/mol. The summed E-state index contributed by atoms with van der Waals surface area (Å²) in [5.41, 5.74) is 1.64. The second kappa shape index (κ2) is 5.81. The van der Waals surface area contributed by atoms with Crippen LogP contribution in [-0.2, 0) is 14.8 Å². The third-order valence-corrected chi connectivity index (χ3v) is 5.43. The molecule has 1 N–H and O–H groups in total. The highest BCUT2D eigenvalue weighted by Gasteiger charge is 2.34. The fourth-order valence-corrected chi connectivity index (χ4v) is 4.28. The first-order valence-electron chi connectivity index (χ1n) is 6.68. The SMILES string of the molecule is Cc1ccc(C)c(S(=O)(=O)N2CC(C)OC(CO)C2)c1. The van der Waals surface area contributed by atoms with Gasteiger partial charge < -0.3 is 9.84 Å². The standard InChI is InChI=1S/C14H21NO4S/c1-10-4-5-11(2)14(6-10)20(17,18)15-7-12(3)19-13(8-15)9-16/h4-6,12-13,16H,7-9H2,1-3H3. The van der Waals surface area contributed by atoms with Crippen molar-refractivity contribution < 1.29 is 18.3 Å². The molecule has 1 aromatic carbocycles. The van der Waals surface area contributed by atoms with E-state index in [9.17, 15) is 13.5 Å². The van der Waals surface area contributed by atoms with E-state index in [4.69, 9.17) is 4.74 Å². The third-order valence-electron chi connectivity index (χ3n) is 3.46. The number of aryl methyl sites for hydroxylation is 2. The molecule has 1 aliphatic heterocycles. The molecule has 0 spiro atoms. The third kappa shape index (κ3) is 3.03. The molecule has 1 fully saturated rings. The number of benzene rings is 1. The van der Waals surface area contributed by atoms with Gasteiger partial charge >= 0.3 is 0 Å². The zero-order valence-corrected chi connectivity index (χ0v) is 12.9. The maximum Gasteiger partial charge on any atom is 0.243 e. The van der Waals surface area contributed by atoms with Gasteiger partial charge in [-0.25, -0.2) is 8.42 Å². The van der Waals surface area contributed by atoms with Crippen molar-refractivity contribution in [1.82, 2.24) is 4.31 Å². The topological polar surface area (TPSA) is 66.8 Å². The van der Waals surface area contributed by atoms with Crippen LogP contribution in [0.3, 0.4) is 0 Å². The zero-order valence-electron chi connectivity index (χ0n) is 12.0. The molecule has 0 radical (unpaired) electrons. The van der Waals surface area contributed by atoms with Gasteiger partial charge in [-0.3, -0.25) is 0 Å². The molecule has 0 amide bonds. The van der Waals surface area contributed by atoms with Crippen LogP contribution in [0.2, 0.25) is 0 Å². The van der Waals surface area contributed by atoms with Crippen molar-refractivity contribution in [2.45, 2.75) is 37.9 Å². The average molecular weight is 299 g/mol. The van der Waals surface area contributed by atoms with E-state index in [1.165, 1.54) is 4.31 Å². The maximum atomic E-state index is 12.8. The van der Waals surface area contributed by atoms with Crippen LogP contribution in [-0.4, -0.2) is 49.7 Å². The van der Waals surface area contributed by atoms with E-state index < -0.39 is 16.1 Å². The van der Waals surface area contributed by atoms with Crippen molar-refractivity contribution >= 4 is 10.0 Å². The van der Waals surface area contributed by atoms with Gasteiger partial charge in [-0.1, -0.05) is 12.1 Å². The summed E-state index contributed by atoms with van der Waals surface area (Å²) in [6, 6.07) is 5.40. The van der Waals surface area contributed by atoms with Gasteiger partial charge in [0.15, 0.2) is 0 Å². The first-order chi connectivity index (χ1) is 9.34. The van der Waals surface area contributed by atoms with Crippen LogP contribution in [0.4, 0.5) is 0 Å². The minimum absolute atomic E-state index is 0.177. The molecule has 0 aliphatic carbocycles. The number of sulfonamides is 1. The lowest BCUT2D eigenvalue weighted by atomic mass is 10.2. The lowest BCUT2D eigenvalue weighted by Gasteiger charge is -2.35. The number of nitrogens with zero attached hydrogens (tertiary/aromatic N) is 1. The summed E-state index contributed by atoms with van der Waals surface area (Å²) in [6.45, 7) is 5.80. The van der Waals surface area contributed by atoms with Crippen LogP contribution in [0.25, 0.3) is 0 Å². The molecule has 2 rings (SSSR count). The molecule has 6 heteroatoms. The van der Waals surface area contributed by atoms with Crippen LogP contribution in [0.1, 0.15) is 18.1 Å². The molecule has 0 bridgehead atoms. The molecule has 5 nitrogen and oxygen atoms in total. The molecule has 0 aromatic heterocycles. The maximum absolute atomic E-state index is 12.8. The summed E-state index contributed by atoms with van der Waals surface area (Å²) < 4.78 is 32.4. The summed E-state index contributed by atoms with van der Waals surface area (Å²) in [5.74, 6) is 0. The number of hydrogen-bond acceptors (Lipinski definition) is 4. The minimum Gasteiger partial charge on any atom is -0.394 e. The fourth-order valence-electron chi connectivity index (χ4n) is 2.42. The number of ether oxygens (including phenoxy) is 1.